The van der Waals surface area contributed by atoms with Crippen molar-refractivity contribution in [1.82, 2.24) is 14.9 Å². The van der Waals surface area contributed by atoms with Crippen LogP contribution < -0.4 is 10.2 Å². The van der Waals surface area contributed by atoms with Crippen LogP contribution in [0.5, 0.6) is 0 Å². The van der Waals surface area contributed by atoms with Crippen molar-refractivity contribution in [3.63, 3.8) is 0 Å². The van der Waals surface area contributed by atoms with Gasteiger partial charge in [-0.2, -0.15) is 0 Å². The molecule has 0 aliphatic carbocycles. The van der Waals surface area contributed by atoms with Gasteiger partial charge >= 0.3 is 0 Å². The summed E-state index contributed by atoms with van der Waals surface area (Å²) >= 11 is 0. The van der Waals surface area contributed by atoms with Gasteiger partial charge in [0.15, 0.2) is 0 Å². The van der Waals surface area contributed by atoms with Crippen LogP contribution in [0.2, 0.25) is 0 Å². The standard InChI is InChI=1S/C16H23FN4/c1-5-18-12(2)16-13(17)7-6-8-14(16)21(4)11-15-19-9-10-20(15)3/h6-10,12,18H,5,11H2,1-4H3. The van der Waals surface area contributed by atoms with Gasteiger partial charge < -0.3 is 14.8 Å². The molecule has 0 amide bonds. The minimum absolute atomic E-state index is 0.0324. The third-order valence-corrected chi connectivity index (χ3v) is 3.68. The van der Waals surface area contributed by atoms with Crippen LogP contribution in [0.15, 0.2) is 30.6 Å². The van der Waals surface area contributed by atoms with Crippen LogP contribution >= 0.6 is 0 Å². The van der Waals surface area contributed by atoms with Crippen molar-refractivity contribution in [2.45, 2.75) is 26.4 Å². The van der Waals surface area contributed by atoms with E-state index in [4.69, 9.17) is 0 Å². The van der Waals surface area contributed by atoms with Gasteiger partial charge in [0, 0.05) is 43.8 Å². The van der Waals surface area contributed by atoms with E-state index in [2.05, 4.69) is 10.3 Å². The lowest BCUT2D eigenvalue weighted by molar-refractivity contribution is 0.539. The van der Waals surface area contributed by atoms with Crippen molar-refractivity contribution < 1.29 is 4.39 Å². The summed E-state index contributed by atoms with van der Waals surface area (Å²) in [5.41, 5.74) is 1.60. The van der Waals surface area contributed by atoms with Crippen LogP contribution in [0.3, 0.4) is 0 Å². The SMILES string of the molecule is CCNC(C)c1c(F)cccc1N(C)Cc1nccn1C. The smallest absolute Gasteiger partial charge is 0.130 e. The number of aryl methyl sites for hydroxylation is 1. The molecule has 114 valence electrons. The molecule has 2 rings (SSSR count). The molecule has 0 saturated carbocycles. The lowest BCUT2D eigenvalue weighted by atomic mass is 10.0. The molecule has 1 heterocycles. The molecule has 4 nitrogen and oxygen atoms in total. The second-order valence-electron chi connectivity index (χ2n) is 5.26. The molecule has 1 N–H and O–H groups in total. The number of aromatic nitrogens is 2. The lowest BCUT2D eigenvalue weighted by Crippen LogP contribution is -2.25. The highest BCUT2D eigenvalue weighted by Crippen LogP contribution is 2.29. The first-order chi connectivity index (χ1) is 10.0. The third kappa shape index (κ3) is 3.42. The minimum Gasteiger partial charge on any atom is -0.367 e. The largest absolute Gasteiger partial charge is 0.367 e. The van der Waals surface area contributed by atoms with Crippen molar-refractivity contribution in [1.29, 1.82) is 0 Å². The van der Waals surface area contributed by atoms with E-state index in [0.717, 1.165) is 18.1 Å². The van der Waals surface area contributed by atoms with Crippen LogP contribution in [-0.2, 0) is 13.6 Å². The molecule has 1 aromatic heterocycles. The molecule has 0 aliphatic rings. The number of nitrogens with zero attached hydrogens (tertiary/aromatic N) is 3. The summed E-state index contributed by atoms with van der Waals surface area (Å²) in [5.74, 6) is 0.774. The Kier molecular flexibility index (Phi) is 4.96. The summed E-state index contributed by atoms with van der Waals surface area (Å²) in [6.45, 7) is 5.45. The van der Waals surface area contributed by atoms with Gasteiger partial charge in [-0.1, -0.05) is 13.0 Å². The van der Waals surface area contributed by atoms with Gasteiger partial charge in [-0.15, -0.1) is 0 Å². The van der Waals surface area contributed by atoms with Crippen LogP contribution in [0, 0.1) is 5.82 Å². The van der Waals surface area contributed by atoms with Crippen molar-refractivity contribution >= 4 is 5.69 Å². The summed E-state index contributed by atoms with van der Waals surface area (Å²) in [4.78, 5) is 6.36. The Bertz CT molecular complexity index is 594. The number of anilines is 1. The number of halogens is 1. The first kappa shape index (κ1) is 15.5. The Labute approximate surface area is 125 Å². The predicted molar refractivity (Wildman–Crippen MR) is 83.8 cm³/mol. The fourth-order valence-corrected chi connectivity index (χ4v) is 2.54. The zero-order valence-corrected chi connectivity index (χ0v) is 13.1. The molecule has 0 radical (unpaired) electrons. The second kappa shape index (κ2) is 6.72. The average Bonchev–Trinajstić information content (AvgIpc) is 2.84. The van der Waals surface area contributed by atoms with E-state index >= 15 is 0 Å². The summed E-state index contributed by atoms with van der Waals surface area (Å²) in [7, 11) is 3.93. The monoisotopic (exact) mass is 290 g/mol. The van der Waals surface area contributed by atoms with E-state index in [1.807, 2.05) is 49.7 Å². The van der Waals surface area contributed by atoms with Crippen molar-refractivity contribution in [3.05, 3.63) is 47.8 Å². The molecule has 1 atom stereocenters. The maximum Gasteiger partial charge on any atom is 0.130 e. The zero-order chi connectivity index (χ0) is 15.4. The quantitative estimate of drug-likeness (QED) is 0.888. The fraction of sp³-hybridized carbons (Fsp3) is 0.438. The maximum atomic E-state index is 14.3. The highest BCUT2D eigenvalue weighted by atomic mass is 19.1. The van der Waals surface area contributed by atoms with Crippen LogP contribution in [0.4, 0.5) is 10.1 Å². The molecular formula is C16H23FN4. The van der Waals surface area contributed by atoms with Crippen molar-refractivity contribution in [2.75, 3.05) is 18.5 Å². The lowest BCUT2D eigenvalue weighted by Gasteiger charge is -2.25. The van der Waals surface area contributed by atoms with Gasteiger partial charge in [-0.05, 0) is 25.6 Å². The molecule has 2 aromatic rings. The first-order valence-corrected chi connectivity index (χ1v) is 7.23. The molecule has 1 unspecified atom stereocenters. The van der Waals surface area contributed by atoms with Crippen molar-refractivity contribution in [2.24, 2.45) is 7.05 Å². The number of rotatable bonds is 6. The Morgan fingerprint density at radius 2 is 2.19 bits per heavy atom. The Hall–Kier alpha value is -1.88. The number of benzene rings is 1. The highest BCUT2D eigenvalue weighted by Gasteiger charge is 2.18. The maximum absolute atomic E-state index is 14.3. The number of nitrogens with one attached hydrogen (secondary N) is 1. The zero-order valence-electron chi connectivity index (χ0n) is 13.1. The van der Waals surface area contributed by atoms with Crippen LogP contribution in [0.1, 0.15) is 31.3 Å². The Balaban J connectivity index is 2.30. The van der Waals surface area contributed by atoms with E-state index in [1.165, 1.54) is 6.07 Å². The molecule has 0 bridgehead atoms. The predicted octanol–water partition coefficient (Wildman–Crippen LogP) is 2.87. The number of imidazole rings is 1. The van der Waals surface area contributed by atoms with Gasteiger partial charge in [-0.25, -0.2) is 9.37 Å². The van der Waals surface area contributed by atoms with Crippen LogP contribution in [-0.4, -0.2) is 23.1 Å². The normalized spacial score (nSPS) is 12.4. The van der Waals surface area contributed by atoms with Gasteiger partial charge in [0.1, 0.15) is 11.6 Å². The molecule has 0 fully saturated rings. The van der Waals surface area contributed by atoms with E-state index < -0.39 is 0 Å². The topological polar surface area (TPSA) is 33.1 Å². The summed E-state index contributed by atoms with van der Waals surface area (Å²) in [6, 6.07) is 5.19. The van der Waals surface area contributed by atoms with Crippen molar-refractivity contribution in [3.8, 4) is 0 Å². The van der Waals surface area contributed by atoms with Gasteiger partial charge in [0.25, 0.3) is 0 Å². The molecule has 5 heteroatoms. The summed E-state index contributed by atoms with van der Waals surface area (Å²) in [6.07, 6.45) is 3.69. The van der Waals surface area contributed by atoms with E-state index in [0.29, 0.717) is 12.1 Å². The molecular weight excluding hydrogens is 267 g/mol. The Morgan fingerprint density at radius 1 is 1.43 bits per heavy atom. The summed E-state index contributed by atoms with van der Waals surface area (Å²) < 4.78 is 16.2. The Morgan fingerprint density at radius 3 is 2.81 bits per heavy atom. The average molecular weight is 290 g/mol. The molecule has 0 spiro atoms. The van der Waals surface area contributed by atoms with Gasteiger partial charge in [-0.3, -0.25) is 0 Å². The first-order valence-electron chi connectivity index (χ1n) is 7.23. The van der Waals surface area contributed by atoms with E-state index in [-0.39, 0.29) is 11.9 Å². The molecule has 21 heavy (non-hydrogen) atoms. The number of hydrogen-bond acceptors (Lipinski definition) is 3. The van der Waals surface area contributed by atoms with E-state index in [9.17, 15) is 4.39 Å². The van der Waals surface area contributed by atoms with Gasteiger partial charge in [0.05, 0.1) is 6.54 Å². The second-order valence-corrected chi connectivity index (χ2v) is 5.26. The summed E-state index contributed by atoms with van der Waals surface area (Å²) in [5, 5.41) is 3.28. The third-order valence-electron chi connectivity index (χ3n) is 3.68. The van der Waals surface area contributed by atoms with Gasteiger partial charge in [0.2, 0.25) is 0 Å². The minimum atomic E-state index is -0.173. The van der Waals surface area contributed by atoms with E-state index in [1.54, 1.807) is 12.3 Å². The van der Waals surface area contributed by atoms with Crippen LogP contribution in [0.25, 0.3) is 0 Å². The molecule has 0 aliphatic heterocycles. The number of hydrogen-bond donors (Lipinski definition) is 1. The fourth-order valence-electron chi connectivity index (χ4n) is 2.54. The highest BCUT2D eigenvalue weighted by molar-refractivity contribution is 5.55. The molecule has 1 aromatic carbocycles. The molecule has 0 saturated heterocycles.